The first-order chi connectivity index (χ1) is 17.0. The lowest BCUT2D eigenvalue weighted by Gasteiger charge is -2.46. The summed E-state index contributed by atoms with van der Waals surface area (Å²) >= 11 is 0. The van der Waals surface area contributed by atoms with Crippen molar-refractivity contribution in [1.29, 1.82) is 0 Å². The van der Waals surface area contributed by atoms with E-state index in [0.29, 0.717) is 18.4 Å². The molecule has 0 radical (unpaired) electrons. The number of carbonyl (C=O) groups is 2. The summed E-state index contributed by atoms with van der Waals surface area (Å²) in [5.74, 6) is 0.495. The SMILES string of the molecule is CCOC(=O)N[C@H]1CC[C@@H]2[C@@H](C1)C[C@@H]1NC(=O)O[C@@H]1[C@H]2/C=C/c1ccc(-c2cccc(F)c2)cn1. The zero-order chi connectivity index (χ0) is 24.4. The Hall–Kier alpha value is -3.42. The van der Waals surface area contributed by atoms with Crippen LogP contribution < -0.4 is 10.6 Å². The van der Waals surface area contributed by atoms with Crippen LogP contribution in [0.3, 0.4) is 0 Å². The van der Waals surface area contributed by atoms with Crippen molar-refractivity contribution in [3.8, 4) is 11.1 Å². The highest BCUT2D eigenvalue weighted by atomic mass is 19.1. The maximum Gasteiger partial charge on any atom is 0.407 e. The average Bonchev–Trinajstić information content (AvgIpc) is 3.22. The van der Waals surface area contributed by atoms with Crippen molar-refractivity contribution < 1.29 is 23.5 Å². The van der Waals surface area contributed by atoms with Crippen LogP contribution in [-0.4, -0.2) is 42.0 Å². The van der Waals surface area contributed by atoms with Crippen LogP contribution >= 0.6 is 0 Å². The number of hydrogen-bond acceptors (Lipinski definition) is 5. The fourth-order valence-corrected chi connectivity index (χ4v) is 5.92. The monoisotopic (exact) mass is 479 g/mol. The number of fused-ring (bicyclic) bond motifs is 2. The molecular formula is C27H30FN3O4. The van der Waals surface area contributed by atoms with Gasteiger partial charge in [-0.15, -0.1) is 0 Å². The minimum atomic E-state index is -0.369. The third kappa shape index (κ3) is 5.16. The highest BCUT2D eigenvalue weighted by Gasteiger charge is 2.51. The maximum absolute atomic E-state index is 13.6. The Morgan fingerprint density at radius 2 is 2.14 bits per heavy atom. The molecule has 2 saturated carbocycles. The van der Waals surface area contributed by atoms with E-state index in [9.17, 15) is 14.0 Å². The number of amides is 2. The highest BCUT2D eigenvalue weighted by molar-refractivity contribution is 5.70. The molecule has 1 saturated heterocycles. The lowest BCUT2D eigenvalue weighted by molar-refractivity contribution is 0.00604. The first kappa shape index (κ1) is 23.3. The second kappa shape index (κ2) is 10.1. The smallest absolute Gasteiger partial charge is 0.407 e. The lowest BCUT2D eigenvalue weighted by Crippen LogP contribution is -2.52. The van der Waals surface area contributed by atoms with Crippen LogP contribution in [0.2, 0.25) is 0 Å². The van der Waals surface area contributed by atoms with Crippen LogP contribution in [0.15, 0.2) is 48.7 Å². The number of nitrogens with one attached hydrogen (secondary N) is 2. The molecule has 0 bridgehead atoms. The van der Waals surface area contributed by atoms with Gasteiger partial charge in [-0.1, -0.05) is 24.3 Å². The number of pyridine rings is 1. The van der Waals surface area contributed by atoms with Gasteiger partial charge in [0.15, 0.2) is 0 Å². The summed E-state index contributed by atoms with van der Waals surface area (Å²) in [5, 5.41) is 5.95. The van der Waals surface area contributed by atoms with Gasteiger partial charge in [0.2, 0.25) is 0 Å². The molecule has 0 spiro atoms. The first-order valence-corrected chi connectivity index (χ1v) is 12.3. The van der Waals surface area contributed by atoms with Gasteiger partial charge in [-0.25, -0.2) is 14.0 Å². The maximum atomic E-state index is 13.6. The van der Waals surface area contributed by atoms with Gasteiger partial charge in [0, 0.05) is 23.7 Å². The molecule has 5 rings (SSSR count). The van der Waals surface area contributed by atoms with Gasteiger partial charge in [0.1, 0.15) is 11.9 Å². The molecule has 2 aliphatic carbocycles. The van der Waals surface area contributed by atoms with E-state index >= 15 is 0 Å². The van der Waals surface area contributed by atoms with Gasteiger partial charge in [-0.2, -0.15) is 0 Å². The lowest BCUT2D eigenvalue weighted by atomic mass is 9.62. The summed E-state index contributed by atoms with van der Waals surface area (Å²) in [4.78, 5) is 28.5. The number of nitrogens with zero attached hydrogens (tertiary/aromatic N) is 1. The van der Waals surface area contributed by atoms with Crippen LogP contribution in [0, 0.1) is 23.6 Å². The van der Waals surface area contributed by atoms with Gasteiger partial charge < -0.3 is 20.1 Å². The van der Waals surface area contributed by atoms with E-state index in [1.54, 1.807) is 19.2 Å². The van der Waals surface area contributed by atoms with Gasteiger partial charge >= 0.3 is 12.2 Å². The van der Waals surface area contributed by atoms with Crippen LogP contribution in [0.1, 0.15) is 38.3 Å². The summed E-state index contributed by atoms with van der Waals surface area (Å²) in [6, 6.07) is 10.3. The topological polar surface area (TPSA) is 89.6 Å². The van der Waals surface area contributed by atoms with E-state index in [0.717, 1.165) is 42.5 Å². The molecule has 8 heteroatoms. The van der Waals surface area contributed by atoms with Crippen molar-refractivity contribution in [2.45, 2.75) is 50.8 Å². The van der Waals surface area contributed by atoms with E-state index in [4.69, 9.17) is 9.47 Å². The van der Waals surface area contributed by atoms with Crippen molar-refractivity contribution in [2.75, 3.05) is 6.61 Å². The van der Waals surface area contributed by atoms with Crippen LogP contribution in [0.25, 0.3) is 17.2 Å². The Morgan fingerprint density at radius 3 is 2.91 bits per heavy atom. The van der Waals surface area contributed by atoms with Crippen LogP contribution in [0.4, 0.5) is 14.0 Å². The van der Waals surface area contributed by atoms with Crippen molar-refractivity contribution in [3.05, 3.63) is 60.2 Å². The van der Waals surface area contributed by atoms with Crippen molar-refractivity contribution in [1.82, 2.24) is 15.6 Å². The molecule has 0 unspecified atom stereocenters. The molecule has 3 aliphatic rings. The van der Waals surface area contributed by atoms with Gasteiger partial charge in [-0.05, 0) is 74.3 Å². The third-order valence-corrected chi connectivity index (χ3v) is 7.45. The number of alkyl carbamates (subject to hydrolysis) is 2. The molecule has 2 heterocycles. The Morgan fingerprint density at radius 1 is 1.26 bits per heavy atom. The number of halogens is 1. The Bertz CT molecular complexity index is 1110. The van der Waals surface area contributed by atoms with E-state index in [1.165, 1.54) is 12.1 Å². The zero-order valence-corrected chi connectivity index (χ0v) is 19.7. The number of rotatable bonds is 5. The van der Waals surface area contributed by atoms with Crippen molar-refractivity contribution in [3.63, 3.8) is 0 Å². The van der Waals surface area contributed by atoms with Crippen molar-refractivity contribution in [2.24, 2.45) is 17.8 Å². The van der Waals surface area contributed by atoms with Gasteiger partial charge in [-0.3, -0.25) is 4.98 Å². The summed E-state index contributed by atoms with van der Waals surface area (Å²) < 4.78 is 24.3. The Labute approximate surface area is 204 Å². The van der Waals surface area contributed by atoms with E-state index in [2.05, 4.69) is 21.7 Å². The molecule has 1 aromatic heterocycles. The molecule has 2 aromatic rings. The minimum Gasteiger partial charge on any atom is -0.450 e. The highest BCUT2D eigenvalue weighted by Crippen LogP contribution is 2.47. The molecule has 6 atom stereocenters. The Balaban J connectivity index is 1.31. The fraction of sp³-hybridized carbons (Fsp3) is 0.444. The molecule has 3 fully saturated rings. The van der Waals surface area contributed by atoms with E-state index < -0.39 is 0 Å². The van der Waals surface area contributed by atoms with Crippen molar-refractivity contribution >= 4 is 18.3 Å². The van der Waals surface area contributed by atoms with Crippen LogP contribution in [0.5, 0.6) is 0 Å². The normalized spacial score (nSPS) is 29.6. The molecule has 2 amide bonds. The largest absolute Gasteiger partial charge is 0.450 e. The number of carbonyl (C=O) groups excluding carboxylic acids is 2. The number of aromatic nitrogens is 1. The first-order valence-electron chi connectivity index (χ1n) is 12.3. The fourth-order valence-electron chi connectivity index (χ4n) is 5.92. The second-order valence-corrected chi connectivity index (χ2v) is 9.57. The van der Waals surface area contributed by atoms with E-state index in [-0.39, 0.29) is 42.1 Å². The zero-order valence-electron chi connectivity index (χ0n) is 19.7. The van der Waals surface area contributed by atoms with Gasteiger partial charge in [0.05, 0.1) is 18.3 Å². The number of hydrogen-bond donors (Lipinski definition) is 2. The minimum absolute atomic E-state index is 0.0388. The molecule has 7 nitrogen and oxygen atoms in total. The quantitative estimate of drug-likeness (QED) is 0.635. The third-order valence-electron chi connectivity index (χ3n) is 7.45. The van der Waals surface area contributed by atoms with E-state index in [1.807, 2.05) is 24.3 Å². The summed E-state index contributed by atoms with van der Waals surface area (Å²) in [6.45, 7) is 2.14. The summed E-state index contributed by atoms with van der Waals surface area (Å²) in [5.41, 5.74) is 2.42. The second-order valence-electron chi connectivity index (χ2n) is 9.57. The predicted octanol–water partition coefficient (Wildman–Crippen LogP) is 4.93. The predicted molar refractivity (Wildman–Crippen MR) is 129 cm³/mol. The molecular weight excluding hydrogens is 449 g/mol. The number of benzene rings is 1. The molecule has 1 aromatic carbocycles. The Kier molecular flexibility index (Phi) is 6.70. The summed E-state index contributed by atoms with van der Waals surface area (Å²) in [6.07, 6.45) is 8.40. The van der Waals surface area contributed by atoms with Gasteiger partial charge in [0.25, 0.3) is 0 Å². The number of ether oxygens (including phenoxy) is 2. The van der Waals surface area contributed by atoms with Crippen LogP contribution in [-0.2, 0) is 9.47 Å². The standard InChI is InChI=1S/C27H30FN3O4/c1-2-34-26(32)30-21-9-10-22-18(13-21)14-24-25(35-27(33)31-24)23(22)11-8-20-7-6-17(15-29-20)16-4-3-5-19(28)12-16/h3-8,11-12,15,18,21-25H,2,9-10,13-14H2,1H3,(H,30,32)(H,31,33)/b11-8+/t18-,21-,22+,23-,24-,25+/m0/s1. The summed E-state index contributed by atoms with van der Waals surface area (Å²) in [7, 11) is 0. The molecule has 184 valence electrons. The molecule has 2 N–H and O–H groups in total. The molecule has 1 aliphatic heterocycles. The molecule has 35 heavy (non-hydrogen) atoms. The average molecular weight is 480 g/mol.